The van der Waals surface area contributed by atoms with Gasteiger partial charge in [-0.15, -0.1) is 0 Å². The van der Waals surface area contributed by atoms with Gasteiger partial charge < -0.3 is 0 Å². The molecule has 1 aromatic rings. The zero-order valence-electron chi connectivity index (χ0n) is 7.25. The van der Waals surface area contributed by atoms with Gasteiger partial charge in [-0.2, -0.15) is 0 Å². The molecule has 0 aliphatic heterocycles. The molecule has 0 aliphatic carbocycles. The van der Waals surface area contributed by atoms with Crippen LogP contribution in [0.3, 0.4) is 0 Å². The Balaban J connectivity index is 3.01. The van der Waals surface area contributed by atoms with Crippen LogP contribution >= 0.6 is 10.7 Å². The average molecular weight is 205 g/mol. The number of benzene rings is 1. The summed E-state index contributed by atoms with van der Waals surface area (Å²) in [6, 6.07) is 7.61. The van der Waals surface area contributed by atoms with Crippen LogP contribution in [0.15, 0.2) is 29.2 Å². The van der Waals surface area contributed by atoms with E-state index in [9.17, 15) is 4.21 Å². The molecular formula is C9H13ClOS. The summed E-state index contributed by atoms with van der Waals surface area (Å²) in [5.74, 6) is 0. The molecule has 1 aromatic carbocycles. The summed E-state index contributed by atoms with van der Waals surface area (Å²) < 4.78 is 11.4. The Labute approximate surface area is 78.7 Å². The molecule has 0 amide bonds. The Hall–Kier alpha value is -0.340. The fourth-order valence-electron chi connectivity index (χ4n) is 0.998. The molecule has 1 rings (SSSR count). The molecule has 0 unspecified atom stereocenters. The highest BCUT2D eigenvalue weighted by Crippen LogP contribution is 2.20. The normalized spacial score (nSPS) is 12.9. The molecule has 0 aromatic heterocycles. The van der Waals surface area contributed by atoms with Crippen molar-refractivity contribution in [3.05, 3.63) is 29.8 Å². The number of halogens is 1. The summed E-state index contributed by atoms with van der Waals surface area (Å²) >= 11 is 0. The van der Waals surface area contributed by atoms with E-state index in [1.807, 2.05) is 24.3 Å². The molecule has 0 saturated carbocycles. The summed E-state index contributed by atoms with van der Waals surface area (Å²) in [6.07, 6.45) is 2.56. The summed E-state index contributed by atoms with van der Waals surface area (Å²) in [5.41, 5.74) is 1.24. The highest BCUT2D eigenvalue weighted by Gasteiger charge is 2.05. The maximum absolute atomic E-state index is 11.4. The van der Waals surface area contributed by atoms with Crippen molar-refractivity contribution in [1.29, 1.82) is 0 Å². The fraction of sp³-hybridized carbons (Fsp3) is 0.333. The van der Waals surface area contributed by atoms with Crippen LogP contribution in [0.5, 0.6) is 0 Å². The van der Waals surface area contributed by atoms with Crippen LogP contribution in [0.1, 0.15) is 12.5 Å². The average Bonchev–Trinajstić information content (AvgIpc) is 2.03. The summed E-state index contributed by atoms with van der Waals surface area (Å²) in [7, 11) is 3.13. The van der Waals surface area contributed by atoms with Crippen molar-refractivity contribution in [2.24, 2.45) is 0 Å². The second kappa shape index (κ2) is 3.58. The second-order valence-corrected chi connectivity index (χ2v) is 6.93. The first-order valence-electron chi connectivity index (χ1n) is 3.90. The zero-order valence-corrected chi connectivity index (χ0v) is 8.90. The minimum absolute atomic E-state index is 0.737. The van der Waals surface area contributed by atoms with Gasteiger partial charge >= 0.3 is 0 Å². The van der Waals surface area contributed by atoms with Crippen LogP contribution in [-0.4, -0.2) is 10.5 Å². The largest absolute Gasteiger partial charge is 0.266 e. The van der Waals surface area contributed by atoms with Gasteiger partial charge in [0.25, 0.3) is 0 Å². The van der Waals surface area contributed by atoms with Crippen molar-refractivity contribution < 1.29 is 4.21 Å². The van der Waals surface area contributed by atoms with Crippen molar-refractivity contribution in [2.45, 2.75) is 18.2 Å². The fourth-order valence-corrected chi connectivity index (χ4v) is 2.02. The van der Waals surface area contributed by atoms with Gasteiger partial charge in [-0.05, 0) is 43.9 Å². The first-order chi connectivity index (χ1) is 5.54. The Morgan fingerprint density at radius 1 is 1.33 bits per heavy atom. The molecule has 0 bridgehead atoms. The SMILES string of the molecule is CCc1ccc([SH](C)(=O)Cl)cc1. The molecule has 0 atom stereocenters. The third kappa shape index (κ3) is 2.32. The van der Waals surface area contributed by atoms with E-state index < -0.39 is 9.15 Å². The third-order valence-electron chi connectivity index (χ3n) is 1.81. The molecular weight excluding hydrogens is 192 g/mol. The van der Waals surface area contributed by atoms with Gasteiger partial charge in [0.2, 0.25) is 0 Å². The minimum atomic E-state index is -2.58. The number of hydrogen-bond donors (Lipinski definition) is 1. The molecule has 1 nitrogen and oxygen atoms in total. The van der Waals surface area contributed by atoms with Crippen LogP contribution in [0.2, 0.25) is 0 Å². The molecule has 68 valence electrons. The van der Waals surface area contributed by atoms with E-state index in [1.165, 1.54) is 5.56 Å². The van der Waals surface area contributed by atoms with E-state index in [4.69, 9.17) is 10.7 Å². The standard InChI is InChI=1S/C9H13ClOS/c1-3-8-4-6-9(7-5-8)12(2,10)11/h4-7,12H,3H2,1-2H3. The van der Waals surface area contributed by atoms with Gasteiger partial charge in [-0.25, -0.2) is 0 Å². The topological polar surface area (TPSA) is 17.1 Å². The first-order valence-corrected chi connectivity index (χ1v) is 6.96. The quantitative estimate of drug-likeness (QED) is 0.579. The van der Waals surface area contributed by atoms with E-state index in [2.05, 4.69) is 6.92 Å². The predicted octanol–water partition coefficient (Wildman–Crippen LogP) is 2.41. The first kappa shape index (κ1) is 9.75. The highest BCUT2D eigenvalue weighted by atomic mass is 35.7. The molecule has 0 aliphatic rings. The monoisotopic (exact) mass is 204 g/mol. The van der Waals surface area contributed by atoms with Crippen LogP contribution < -0.4 is 0 Å². The molecule has 0 spiro atoms. The minimum Gasteiger partial charge on any atom is -0.266 e. The van der Waals surface area contributed by atoms with Gasteiger partial charge in [0.15, 0.2) is 0 Å². The summed E-state index contributed by atoms with van der Waals surface area (Å²) in [4.78, 5) is 0.737. The second-order valence-electron chi connectivity index (χ2n) is 2.84. The third-order valence-corrected chi connectivity index (χ3v) is 3.61. The smallest absolute Gasteiger partial charge is 0.0275 e. The maximum atomic E-state index is 11.4. The number of rotatable bonds is 2. The number of aryl methyl sites for hydroxylation is 1. The van der Waals surface area contributed by atoms with Crippen molar-refractivity contribution >= 4 is 19.8 Å². The van der Waals surface area contributed by atoms with E-state index in [1.54, 1.807) is 6.26 Å². The zero-order chi connectivity index (χ0) is 9.19. The van der Waals surface area contributed by atoms with E-state index >= 15 is 0 Å². The van der Waals surface area contributed by atoms with Crippen LogP contribution in [0.25, 0.3) is 0 Å². The van der Waals surface area contributed by atoms with Gasteiger partial charge in [0.1, 0.15) is 0 Å². The molecule has 3 heteroatoms. The Kier molecular flexibility index (Phi) is 2.91. The van der Waals surface area contributed by atoms with Gasteiger partial charge in [0, 0.05) is 11.2 Å². The molecule has 0 radical (unpaired) electrons. The summed E-state index contributed by atoms with van der Waals surface area (Å²) in [5, 5.41) is 0. The lowest BCUT2D eigenvalue weighted by Gasteiger charge is -2.09. The number of hydrogen-bond acceptors (Lipinski definition) is 1. The predicted molar refractivity (Wildman–Crippen MR) is 55.4 cm³/mol. The Morgan fingerprint density at radius 3 is 2.17 bits per heavy atom. The van der Waals surface area contributed by atoms with E-state index in [0.717, 1.165) is 11.3 Å². The van der Waals surface area contributed by atoms with Crippen LogP contribution in [-0.2, 0) is 15.6 Å². The van der Waals surface area contributed by atoms with Gasteiger partial charge in [-0.1, -0.05) is 19.1 Å². The Bertz CT molecular complexity index is 299. The van der Waals surface area contributed by atoms with Crippen LogP contribution in [0.4, 0.5) is 0 Å². The molecule has 0 fully saturated rings. The van der Waals surface area contributed by atoms with Crippen LogP contribution in [0, 0.1) is 0 Å². The van der Waals surface area contributed by atoms with E-state index in [-0.39, 0.29) is 0 Å². The maximum Gasteiger partial charge on any atom is 0.0275 e. The lowest BCUT2D eigenvalue weighted by atomic mass is 10.2. The highest BCUT2D eigenvalue weighted by molar-refractivity contribution is 8.23. The van der Waals surface area contributed by atoms with Gasteiger partial charge in [0.05, 0.1) is 0 Å². The lowest BCUT2D eigenvalue weighted by molar-refractivity contribution is 0.683. The van der Waals surface area contributed by atoms with E-state index in [0.29, 0.717) is 0 Å². The van der Waals surface area contributed by atoms with Crippen molar-refractivity contribution in [1.82, 2.24) is 0 Å². The van der Waals surface area contributed by atoms with Crippen molar-refractivity contribution in [2.75, 3.05) is 6.26 Å². The molecule has 0 saturated heterocycles. The Morgan fingerprint density at radius 2 is 1.83 bits per heavy atom. The van der Waals surface area contributed by atoms with Crippen molar-refractivity contribution in [3.8, 4) is 0 Å². The van der Waals surface area contributed by atoms with Crippen molar-refractivity contribution in [3.63, 3.8) is 0 Å². The van der Waals surface area contributed by atoms with Gasteiger partial charge in [-0.3, -0.25) is 4.21 Å². The number of thiol groups is 1. The summed E-state index contributed by atoms with van der Waals surface area (Å²) in [6.45, 7) is 2.08. The molecule has 0 heterocycles. The molecule has 12 heavy (non-hydrogen) atoms. The lowest BCUT2D eigenvalue weighted by Crippen LogP contribution is -1.98. The molecule has 0 N–H and O–H groups in total.